The molecule has 2 heterocycles. The maximum Gasteiger partial charge on any atom is 0.216 e. The van der Waals surface area contributed by atoms with Gasteiger partial charge in [-0.25, -0.2) is 15.0 Å². The highest BCUT2D eigenvalue weighted by Gasteiger charge is 2.05. The van der Waals surface area contributed by atoms with Crippen molar-refractivity contribution in [2.75, 3.05) is 13.1 Å². The minimum Gasteiger partial charge on any atom is -0.444 e. The Labute approximate surface area is 158 Å². The smallest absolute Gasteiger partial charge is 0.216 e. The average Bonchev–Trinajstić information content (AvgIpc) is 3.03. The standard InChI is InChI=1S/C15H23N5OS.HI/c1-5-16-15(17-7-6-13-9-22-12(4)20-13)18-8-14-19-10(2)11(3)21-14;/h9H,5-8H2,1-4H3,(H2,16,17,18);1H. The van der Waals surface area contributed by atoms with Crippen LogP contribution in [0.4, 0.5) is 0 Å². The lowest BCUT2D eigenvalue weighted by Crippen LogP contribution is -2.38. The molecule has 0 aliphatic carbocycles. The number of hydrogen-bond donors (Lipinski definition) is 2. The molecular formula is C15H24IN5OS. The molecule has 0 aromatic carbocycles. The number of thiazole rings is 1. The first-order valence-electron chi connectivity index (χ1n) is 7.44. The van der Waals surface area contributed by atoms with Crippen LogP contribution in [0.2, 0.25) is 0 Å². The molecule has 0 aliphatic rings. The third-order valence-electron chi connectivity index (χ3n) is 3.13. The molecule has 23 heavy (non-hydrogen) atoms. The zero-order chi connectivity index (χ0) is 15.9. The number of nitrogens with zero attached hydrogens (tertiary/aromatic N) is 3. The number of oxazole rings is 1. The second-order valence-electron chi connectivity index (χ2n) is 4.98. The molecular weight excluding hydrogens is 425 g/mol. The van der Waals surface area contributed by atoms with Crippen molar-refractivity contribution in [1.82, 2.24) is 20.6 Å². The summed E-state index contributed by atoms with van der Waals surface area (Å²) < 4.78 is 5.54. The van der Waals surface area contributed by atoms with Gasteiger partial charge in [-0.05, 0) is 27.7 Å². The van der Waals surface area contributed by atoms with Gasteiger partial charge in [-0.3, -0.25) is 0 Å². The van der Waals surface area contributed by atoms with E-state index in [-0.39, 0.29) is 24.0 Å². The highest BCUT2D eigenvalue weighted by molar-refractivity contribution is 14.0. The van der Waals surface area contributed by atoms with Gasteiger partial charge in [-0.15, -0.1) is 35.3 Å². The number of halogens is 1. The van der Waals surface area contributed by atoms with Crippen molar-refractivity contribution in [3.8, 4) is 0 Å². The SMILES string of the molecule is CCNC(=NCc1nc(C)c(C)o1)NCCc1csc(C)n1.I. The minimum absolute atomic E-state index is 0. The van der Waals surface area contributed by atoms with Crippen LogP contribution in [-0.2, 0) is 13.0 Å². The molecule has 2 aromatic rings. The zero-order valence-corrected chi connectivity index (χ0v) is 17.1. The summed E-state index contributed by atoms with van der Waals surface area (Å²) in [7, 11) is 0. The molecule has 0 saturated heterocycles. The molecule has 0 fully saturated rings. The topological polar surface area (TPSA) is 75.3 Å². The first-order valence-corrected chi connectivity index (χ1v) is 8.32. The van der Waals surface area contributed by atoms with Gasteiger partial charge in [0.15, 0.2) is 5.96 Å². The Morgan fingerprint density at radius 3 is 2.61 bits per heavy atom. The van der Waals surface area contributed by atoms with Gasteiger partial charge in [-0.1, -0.05) is 0 Å². The van der Waals surface area contributed by atoms with Crippen molar-refractivity contribution < 1.29 is 4.42 Å². The van der Waals surface area contributed by atoms with E-state index in [0.717, 1.165) is 47.6 Å². The quantitative estimate of drug-likeness (QED) is 0.403. The van der Waals surface area contributed by atoms with Crippen molar-refractivity contribution in [3.63, 3.8) is 0 Å². The summed E-state index contributed by atoms with van der Waals surface area (Å²) in [6, 6.07) is 0. The van der Waals surface area contributed by atoms with E-state index in [1.807, 2.05) is 27.7 Å². The summed E-state index contributed by atoms with van der Waals surface area (Å²) in [5, 5.41) is 9.72. The van der Waals surface area contributed by atoms with Crippen LogP contribution in [-0.4, -0.2) is 29.0 Å². The maximum absolute atomic E-state index is 5.54. The summed E-state index contributed by atoms with van der Waals surface area (Å²) in [4.78, 5) is 13.3. The average molecular weight is 449 g/mol. The van der Waals surface area contributed by atoms with E-state index in [1.54, 1.807) is 11.3 Å². The van der Waals surface area contributed by atoms with Gasteiger partial charge < -0.3 is 15.1 Å². The third-order valence-corrected chi connectivity index (χ3v) is 3.95. The third kappa shape index (κ3) is 6.46. The molecule has 2 N–H and O–H groups in total. The Morgan fingerprint density at radius 2 is 2.04 bits per heavy atom. The van der Waals surface area contributed by atoms with Gasteiger partial charge in [0.05, 0.1) is 16.4 Å². The van der Waals surface area contributed by atoms with Gasteiger partial charge in [0, 0.05) is 24.9 Å². The lowest BCUT2D eigenvalue weighted by molar-refractivity contribution is 0.473. The molecule has 0 radical (unpaired) electrons. The van der Waals surface area contributed by atoms with E-state index in [0.29, 0.717) is 12.4 Å². The van der Waals surface area contributed by atoms with E-state index in [1.165, 1.54) is 0 Å². The Morgan fingerprint density at radius 1 is 1.26 bits per heavy atom. The van der Waals surface area contributed by atoms with Crippen LogP contribution in [0.25, 0.3) is 0 Å². The van der Waals surface area contributed by atoms with E-state index in [4.69, 9.17) is 4.42 Å². The molecule has 128 valence electrons. The molecule has 0 spiro atoms. The van der Waals surface area contributed by atoms with Crippen LogP contribution in [0.1, 0.15) is 35.0 Å². The number of guanidine groups is 1. The molecule has 8 heteroatoms. The Hall–Kier alpha value is -1.16. The number of rotatable bonds is 6. The number of aryl methyl sites for hydroxylation is 3. The summed E-state index contributed by atoms with van der Waals surface area (Å²) in [5.74, 6) is 2.26. The summed E-state index contributed by atoms with van der Waals surface area (Å²) in [6.45, 7) is 9.94. The molecule has 0 bridgehead atoms. The summed E-state index contributed by atoms with van der Waals surface area (Å²) in [6.07, 6.45) is 0.881. The summed E-state index contributed by atoms with van der Waals surface area (Å²) in [5.41, 5.74) is 2.03. The van der Waals surface area contributed by atoms with Crippen molar-refractivity contribution in [2.45, 2.75) is 40.7 Å². The number of nitrogens with one attached hydrogen (secondary N) is 2. The Balaban J connectivity index is 0.00000264. The van der Waals surface area contributed by atoms with Crippen molar-refractivity contribution >= 4 is 41.3 Å². The first-order chi connectivity index (χ1) is 10.6. The largest absolute Gasteiger partial charge is 0.444 e. The fraction of sp³-hybridized carbons (Fsp3) is 0.533. The van der Waals surface area contributed by atoms with E-state index < -0.39 is 0 Å². The molecule has 0 saturated carbocycles. The van der Waals surface area contributed by atoms with Crippen LogP contribution in [0.3, 0.4) is 0 Å². The van der Waals surface area contributed by atoms with Crippen LogP contribution in [0.15, 0.2) is 14.8 Å². The fourth-order valence-corrected chi connectivity index (χ4v) is 2.57. The van der Waals surface area contributed by atoms with Gasteiger partial charge >= 0.3 is 0 Å². The van der Waals surface area contributed by atoms with E-state index in [9.17, 15) is 0 Å². The highest BCUT2D eigenvalue weighted by Crippen LogP contribution is 2.09. The van der Waals surface area contributed by atoms with Gasteiger partial charge in [0.25, 0.3) is 0 Å². The maximum atomic E-state index is 5.54. The number of hydrogen-bond acceptors (Lipinski definition) is 5. The lowest BCUT2D eigenvalue weighted by atomic mass is 10.3. The predicted molar refractivity (Wildman–Crippen MR) is 105 cm³/mol. The van der Waals surface area contributed by atoms with Crippen molar-refractivity contribution in [1.29, 1.82) is 0 Å². The van der Waals surface area contributed by atoms with Gasteiger partial charge in [0.1, 0.15) is 12.3 Å². The highest BCUT2D eigenvalue weighted by atomic mass is 127. The van der Waals surface area contributed by atoms with E-state index in [2.05, 4.69) is 31.0 Å². The van der Waals surface area contributed by atoms with Crippen LogP contribution >= 0.6 is 35.3 Å². The van der Waals surface area contributed by atoms with Crippen molar-refractivity contribution in [2.24, 2.45) is 4.99 Å². The van der Waals surface area contributed by atoms with Crippen molar-refractivity contribution in [3.05, 3.63) is 33.4 Å². The normalized spacial score (nSPS) is 11.2. The predicted octanol–water partition coefficient (Wildman–Crippen LogP) is 2.97. The number of aromatic nitrogens is 2. The second-order valence-corrected chi connectivity index (χ2v) is 6.04. The fourth-order valence-electron chi connectivity index (χ4n) is 1.93. The van der Waals surface area contributed by atoms with E-state index >= 15 is 0 Å². The Bertz CT molecular complexity index is 618. The first kappa shape index (κ1) is 19.9. The van der Waals surface area contributed by atoms with Crippen LogP contribution in [0, 0.1) is 20.8 Å². The Kier molecular flexibility index (Phi) is 8.53. The molecule has 0 atom stereocenters. The minimum atomic E-state index is 0. The number of aliphatic imine (C=N–C) groups is 1. The van der Waals surface area contributed by atoms with Crippen LogP contribution in [0.5, 0.6) is 0 Å². The van der Waals surface area contributed by atoms with Gasteiger partial charge in [-0.2, -0.15) is 0 Å². The second kappa shape index (κ2) is 9.86. The zero-order valence-electron chi connectivity index (χ0n) is 14.0. The molecule has 0 amide bonds. The summed E-state index contributed by atoms with van der Waals surface area (Å²) >= 11 is 1.68. The lowest BCUT2D eigenvalue weighted by Gasteiger charge is -2.10. The monoisotopic (exact) mass is 449 g/mol. The van der Waals surface area contributed by atoms with Gasteiger partial charge in [0.2, 0.25) is 5.89 Å². The molecule has 0 aliphatic heterocycles. The molecule has 2 aromatic heterocycles. The molecule has 2 rings (SSSR count). The van der Waals surface area contributed by atoms with Crippen LogP contribution < -0.4 is 10.6 Å². The molecule has 6 nitrogen and oxygen atoms in total. The molecule has 0 unspecified atom stereocenters.